The van der Waals surface area contributed by atoms with Gasteiger partial charge in [-0.3, -0.25) is 0 Å². The first-order valence-electron chi connectivity index (χ1n) is 6.75. The molecule has 0 saturated heterocycles. The third-order valence-corrected chi connectivity index (χ3v) is 3.30. The number of nitrogens with two attached hydrogens (primary N) is 1. The van der Waals surface area contributed by atoms with E-state index in [9.17, 15) is 0 Å². The Morgan fingerprint density at radius 3 is 2.25 bits per heavy atom. The lowest BCUT2D eigenvalue weighted by atomic mass is 10.1. The van der Waals surface area contributed by atoms with E-state index >= 15 is 0 Å². The number of rotatable bonds is 5. The molecule has 0 aliphatic carbocycles. The van der Waals surface area contributed by atoms with Crippen molar-refractivity contribution in [2.45, 2.75) is 20.8 Å². The number of anilines is 1. The topological polar surface area (TPSA) is 44.5 Å². The van der Waals surface area contributed by atoms with Gasteiger partial charge in [0.15, 0.2) is 0 Å². The van der Waals surface area contributed by atoms with Gasteiger partial charge in [-0.1, -0.05) is 12.1 Å². The third kappa shape index (κ3) is 3.67. The Labute approximate surface area is 120 Å². The fourth-order valence-electron chi connectivity index (χ4n) is 1.89. The van der Waals surface area contributed by atoms with Crippen LogP contribution in [0, 0.1) is 20.8 Å². The highest BCUT2D eigenvalue weighted by atomic mass is 16.5. The minimum absolute atomic E-state index is 0.497. The van der Waals surface area contributed by atoms with Crippen LogP contribution in [0.5, 0.6) is 11.5 Å². The minimum atomic E-state index is 0.497. The van der Waals surface area contributed by atoms with E-state index in [0.29, 0.717) is 18.9 Å². The van der Waals surface area contributed by atoms with Gasteiger partial charge in [-0.05, 0) is 55.7 Å². The summed E-state index contributed by atoms with van der Waals surface area (Å²) in [6.07, 6.45) is 0. The first-order chi connectivity index (χ1) is 9.56. The summed E-state index contributed by atoms with van der Waals surface area (Å²) in [5.74, 6) is 1.69. The monoisotopic (exact) mass is 271 g/mol. The molecule has 3 heteroatoms. The Morgan fingerprint density at radius 2 is 1.50 bits per heavy atom. The quantitative estimate of drug-likeness (QED) is 0.667. The molecule has 2 rings (SSSR count). The van der Waals surface area contributed by atoms with Crippen molar-refractivity contribution < 1.29 is 9.47 Å². The number of hydrogen-bond donors (Lipinski definition) is 1. The normalized spacial score (nSPS) is 10.3. The van der Waals surface area contributed by atoms with Crippen molar-refractivity contribution in [1.29, 1.82) is 0 Å². The molecule has 0 saturated carbocycles. The summed E-state index contributed by atoms with van der Waals surface area (Å²) in [6, 6.07) is 11.7. The van der Waals surface area contributed by atoms with E-state index in [0.717, 1.165) is 17.1 Å². The first-order valence-corrected chi connectivity index (χ1v) is 6.75. The summed E-state index contributed by atoms with van der Waals surface area (Å²) in [7, 11) is 0. The maximum atomic E-state index is 5.74. The molecule has 2 aromatic rings. The van der Waals surface area contributed by atoms with Crippen molar-refractivity contribution in [2.24, 2.45) is 0 Å². The summed E-state index contributed by atoms with van der Waals surface area (Å²) in [5.41, 5.74) is 10.0. The predicted octanol–water partition coefficient (Wildman–Crippen LogP) is 3.65. The maximum Gasteiger partial charge on any atom is 0.124 e. The fourth-order valence-corrected chi connectivity index (χ4v) is 1.89. The van der Waals surface area contributed by atoms with Gasteiger partial charge in [0.1, 0.15) is 24.7 Å². The highest BCUT2D eigenvalue weighted by Gasteiger charge is 2.01. The van der Waals surface area contributed by atoms with Crippen molar-refractivity contribution in [3.63, 3.8) is 0 Å². The van der Waals surface area contributed by atoms with Crippen molar-refractivity contribution in [1.82, 2.24) is 0 Å². The minimum Gasteiger partial charge on any atom is -0.490 e. The van der Waals surface area contributed by atoms with Gasteiger partial charge in [-0.2, -0.15) is 0 Å². The van der Waals surface area contributed by atoms with Crippen LogP contribution < -0.4 is 15.2 Å². The Kier molecular flexibility index (Phi) is 4.51. The van der Waals surface area contributed by atoms with E-state index in [1.165, 1.54) is 11.1 Å². The molecule has 0 spiro atoms. The van der Waals surface area contributed by atoms with E-state index in [1.54, 1.807) is 0 Å². The second kappa shape index (κ2) is 6.33. The molecule has 0 fully saturated rings. The van der Waals surface area contributed by atoms with Crippen molar-refractivity contribution >= 4 is 5.69 Å². The molecule has 0 unspecified atom stereocenters. The average molecular weight is 271 g/mol. The van der Waals surface area contributed by atoms with Gasteiger partial charge in [-0.25, -0.2) is 0 Å². The second-order valence-electron chi connectivity index (χ2n) is 4.97. The molecule has 106 valence electrons. The number of ether oxygens (including phenoxy) is 2. The van der Waals surface area contributed by atoms with Gasteiger partial charge in [0, 0.05) is 11.8 Å². The van der Waals surface area contributed by atoms with Crippen LogP contribution in [0.1, 0.15) is 16.7 Å². The van der Waals surface area contributed by atoms with Gasteiger partial charge >= 0.3 is 0 Å². The van der Waals surface area contributed by atoms with Gasteiger partial charge in [-0.15, -0.1) is 0 Å². The molecular weight excluding hydrogens is 250 g/mol. The molecule has 0 bridgehead atoms. The van der Waals surface area contributed by atoms with Gasteiger partial charge in [0.25, 0.3) is 0 Å². The van der Waals surface area contributed by atoms with Gasteiger partial charge in [0.2, 0.25) is 0 Å². The molecule has 0 radical (unpaired) electrons. The number of hydrogen-bond acceptors (Lipinski definition) is 3. The summed E-state index contributed by atoms with van der Waals surface area (Å²) in [4.78, 5) is 0. The van der Waals surface area contributed by atoms with Crippen LogP contribution in [0.15, 0.2) is 36.4 Å². The molecule has 0 atom stereocenters. The average Bonchev–Trinajstić information content (AvgIpc) is 2.42. The Morgan fingerprint density at radius 1 is 0.800 bits per heavy atom. The Hall–Kier alpha value is -2.16. The standard InChI is InChI=1S/C17H21NO2/c1-12-5-7-16(10-14(12)3)19-8-9-20-17-11-15(18)6-4-13(17)2/h4-7,10-11H,8-9,18H2,1-3H3. The maximum absolute atomic E-state index is 5.74. The van der Waals surface area contributed by atoms with E-state index in [2.05, 4.69) is 19.9 Å². The van der Waals surface area contributed by atoms with Crippen molar-refractivity contribution in [3.8, 4) is 11.5 Å². The lowest BCUT2D eigenvalue weighted by Crippen LogP contribution is -2.10. The van der Waals surface area contributed by atoms with Crippen molar-refractivity contribution in [2.75, 3.05) is 18.9 Å². The van der Waals surface area contributed by atoms with E-state index in [-0.39, 0.29) is 0 Å². The van der Waals surface area contributed by atoms with Crippen molar-refractivity contribution in [3.05, 3.63) is 53.1 Å². The molecule has 0 heterocycles. The lowest BCUT2D eigenvalue weighted by molar-refractivity contribution is 0.216. The van der Waals surface area contributed by atoms with Crippen LogP contribution in [0.3, 0.4) is 0 Å². The molecule has 0 aromatic heterocycles. The molecular formula is C17H21NO2. The van der Waals surface area contributed by atoms with Crippen LogP contribution in [0.2, 0.25) is 0 Å². The zero-order valence-electron chi connectivity index (χ0n) is 12.3. The Bertz CT molecular complexity index is 594. The zero-order valence-corrected chi connectivity index (χ0v) is 12.3. The predicted molar refractivity (Wildman–Crippen MR) is 82.5 cm³/mol. The molecule has 0 aliphatic rings. The highest BCUT2D eigenvalue weighted by molar-refractivity contribution is 5.47. The number of nitrogen functional groups attached to an aromatic ring is 1. The fraction of sp³-hybridized carbons (Fsp3) is 0.294. The van der Waals surface area contributed by atoms with E-state index in [1.807, 2.05) is 37.3 Å². The number of aryl methyl sites for hydroxylation is 3. The van der Waals surface area contributed by atoms with Crippen LogP contribution in [-0.2, 0) is 0 Å². The lowest BCUT2D eigenvalue weighted by Gasteiger charge is -2.11. The largest absolute Gasteiger partial charge is 0.490 e. The smallest absolute Gasteiger partial charge is 0.124 e. The van der Waals surface area contributed by atoms with Crippen LogP contribution >= 0.6 is 0 Å². The molecule has 2 N–H and O–H groups in total. The second-order valence-corrected chi connectivity index (χ2v) is 4.97. The van der Waals surface area contributed by atoms with Crippen LogP contribution in [-0.4, -0.2) is 13.2 Å². The van der Waals surface area contributed by atoms with Gasteiger partial charge < -0.3 is 15.2 Å². The van der Waals surface area contributed by atoms with E-state index in [4.69, 9.17) is 15.2 Å². The number of benzene rings is 2. The molecule has 3 nitrogen and oxygen atoms in total. The molecule has 20 heavy (non-hydrogen) atoms. The van der Waals surface area contributed by atoms with E-state index < -0.39 is 0 Å². The summed E-state index contributed by atoms with van der Waals surface area (Å²) < 4.78 is 11.4. The van der Waals surface area contributed by atoms with Gasteiger partial charge in [0.05, 0.1) is 0 Å². The molecule has 0 amide bonds. The third-order valence-electron chi connectivity index (χ3n) is 3.30. The first kappa shape index (κ1) is 14.3. The molecule has 2 aromatic carbocycles. The highest BCUT2D eigenvalue weighted by Crippen LogP contribution is 2.21. The van der Waals surface area contributed by atoms with Crippen LogP contribution in [0.25, 0.3) is 0 Å². The SMILES string of the molecule is Cc1ccc(OCCOc2cc(N)ccc2C)cc1C. The zero-order chi connectivity index (χ0) is 14.5. The summed E-state index contributed by atoms with van der Waals surface area (Å²) >= 11 is 0. The molecule has 0 aliphatic heterocycles. The van der Waals surface area contributed by atoms with Crippen LogP contribution in [0.4, 0.5) is 5.69 Å². The summed E-state index contributed by atoms with van der Waals surface area (Å²) in [5, 5.41) is 0. The Balaban J connectivity index is 1.84. The summed E-state index contributed by atoms with van der Waals surface area (Å²) in [6.45, 7) is 7.17.